The van der Waals surface area contributed by atoms with Crippen molar-refractivity contribution in [3.8, 4) is 5.75 Å². The van der Waals surface area contributed by atoms with E-state index < -0.39 is 0 Å². The Morgan fingerprint density at radius 2 is 1.88 bits per heavy atom. The molecule has 0 saturated heterocycles. The second-order valence-electron chi connectivity index (χ2n) is 4.62. The maximum absolute atomic E-state index is 5.36. The first-order valence-electron chi connectivity index (χ1n) is 5.54. The van der Waals surface area contributed by atoms with Crippen LogP contribution in [-0.2, 0) is 0 Å². The molecule has 3 nitrogen and oxygen atoms in total. The summed E-state index contributed by atoms with van der Waals surface area (Å²) in [6.45, 7) is 8.88. The van der Waals surface area contributed by atoms with E-state index in [-0.39, 0.29) is 5.54 Å². The molecule has 1 N–H and O–H groups in total. The van der Waals surface area contributed by atoms with E-state index in [1.54, 1.807) is 6.21 Å². The number of ether oxygens (including phenoxy) is 1. The van der Waals surface area contributed by atoms with Gasteiger partial charge in [0.1, 0.15) is 5.75 Å². The van der Waals surface area contributed by atoms with Crippen molar-refractivity contribution in [3.05, 3.63) is 29.8 Å². The van der Waals surface area contributed by atoms with Gasteiger partial charge in [0.25, 0.3) is 0 Å². The van der Waals surface area contributed by atoms with E-state index in [0.717, 1.165) is 11.3 Å². The van der Waals surface area contributed by atoms with Crippen LogP contribution in [0.3, 0.4) is 0 Å². The van der Waals surface area contributed by atoms with Crippen molar-refractivity contribution >= 4 is 6.21 Å². The van der Waals surface area contributed by atoms with Crippen molar-refractivity contribution in [1.82, 2.24) is 5.43 Å². The maximum Gasteiger partial charge on any atom is 0.119 e. The Labute approximate surface area is 97.5 Å². The van der Waals surface area contributed by atoms with Crippen molar-refractivity contribution in [2.45, 2.75) is 33.2 Å². The molecule has 0 aromatic heterocycles. The van der Waals surface area contributed by atoms with Crippen molar-refractivity contribution in [1.29, 1.82) is 0 Å². The van der Waals surface area contributed by atoms with Crippen LogP contribution in [0.2, 0.25) is 0 Å². The number of nitrogens with zero attached hydrogens (tertiary/aromatic N) is 1. The Bertz CT molecular complexity index is 336. The first kappa shape index (κ1) is 12.6. The van der Waals surface area contributed by atoms with Crippen molar-refractivity contribution < 1.29 is 4.74 Å². The summed E-state index contributed by atoms with van der Waals surface area (Å²) < 4.78 is 5.36. The highest BCUT2D eigenvalue weighted by atomic mass is 16.5. The van der Waals surface area contributed by atoms with Crippen LogP contribution in [0.4, 0.5) is 0 Å². The molecule has 0 aliphatic heterocycles. The second-order valence-corrected chi connectivity index (χ2v) is 4.62. The summed E-state index contributed by atoms with van der Waals surface area (Å²) in [6, 6.07) is 7.86. The van der Waals surface area contributed by atoms with Crippen LogP contribution < -0.4 is 10.2 Å². The summed E-state index contributed by atoms with van der Waals surface area (Å²) in [5.74, 6) is 0.892. The fraction of sp³-hybridized carbons (Fsp3) is 0.462. The molecule has 0 aliphatic rings. The Hall–Kier alpha value is -1.51. The molecule has 1 aromatic rings. The summed E-state index contributed by atoms with van der Waals surface area (Å²) in [5.41, 5.74) is 4.11. The first-order valence-corrected chi connectivity index (χ1v) is 5.54. The van der Waals surface area contributed by atoms with Crippen LogP contribution in [0.15, 0.2) is 29.4 Å². The zero-order valence-electron chi connectivity index (χ0n) is 10.4. The van der Waals surface area contributed by atoms with Gasteiger partial charge in [-0.2, -0.15) is 5.10 Å². The molecule has 16 heavy (non-hydrogen) atoms. The molecule has 0 unspecified atom stereocenters. The molecule has 0 amide bonds. The minimum absolute atomic E-state index is 0.00175. The van der Waals surface area contributed by atoms with Crippen LogP contribution in [0.5, 0.6) is 5.75 Å². The highest BCUT2D eigenvalue weighted by Crippen LogP contribution is 2.10. The lowest BCUT2D eigenvalue weighted by atomic mass is 10.1. The number of rotatable bonds is 4. The standard InChI is InChI=1S/C13H20N2O/c1-5-16-12-8-6-11(7-9-12)10-14-15-13(2,3)4/h6-10,15H,5H2,1-4H3/b14-10-. The zero-order valence-corrected chi connectivity index (χ0v) is 10.4. The largest absolute Gasteiger partial charge is 0.494 e. The molecule has 1 rings (SSSR count). The number of benzene rings is 1. The predicted octanol–water partition coefficient (Wildman–Crippen LogP) is 2.81. The molecule has 0 spiro atoms. The zero-order chi connectivity index (χ0) is 12.0. The minimum atomic E-state index is 0.00175. The van der Waals surface area contributed by atoms with E-state index in [2.05, 4.69) is 31.3 Å². The van der Waals surface area contributed by atoms with Crippen molar-refractivity contribution in [2.75, 3.05) is 6.61 Å². The summed E-state index contributed by atoms with van der Waals surface area (Å²) in [7, 11) is 0. The maximum atomic E-state index is 5.36. The SMILES string of the molecule is CCOc1ccc(/C=N\NC(C)(C)C)cc1. The summed E-state index contributed by atoms with van der Waals surface area (Å²) in [6.07, 6.45) is 1.81. The second kappa shape index (κ2) is 5.54. The topological polar surface area (TPSA) is 33.6 Å². The fourth-order valence-electron chi connectivity index (χ4n) is 1.12. The van der Waals surface area contributed by atoms with E-state index in [1.165, 1.54) is 0 Å². The van der Waals surface area contributed by atoms with E-state index in [0.29, 0.717) is 6.61 Å². The number of hydrazone groups is 1. The highest BCUT2D eigenvalue weighted by molar-refractivity contribution is 5.79. The lowest BCUT2D eigenvalue weighted by Crippen LogP contribution is -2.31. The van der Waals surface area contributed by atoms with Gasteiger partial charge in [-0.05, 0) is 57.5 Å². The van der Waals surface area contributed by atoms with Crippen LogP contribution in [-0.4, -0.2) is 18.4 Å². The third kappa shape index (κ3) is 4.82. The molecule has 0 saturated carbocycles. The van der Waals surface area contributed by atoms with Crippen LogP contribution in [0.25, 0.3) is 0 Å². The number of nitrogens with one attached hydrogen (secondary N) is 1. The van der Waals surface area contributed by atoms with Gasteiger partial charge in [-0.15, -0.1) is 0 Å². The predicted molar refractivity (Wildman–Crippen MR) is 68.1 cm³/mol. The quantitative estimate of drug-likeness (QED) is 0.625. The van der Waals surface area contributed by atoms with Crippen LogP contribution >= 0.6 is 0 Å². The minimum Gasteiger partial charge on any atom is -0.494 e. The normalized spacial score (nSPS) is 11.8. The van der Waals surface area contributed by atoms with Gasteiger partial charge in [-0.25, -0.2) is 0 Å². The molecule has 0 atom stereocenters. The Kier molecular flexibility index (Phi) is 4.35. The third-order valence-electron chi connectivity index (χ3n) is 1.80. The van der Waals surface area contributed by atoms with Crippen molar-refractivity contribution in [3.63, 3.8) is 0 Å². The van der Waals surface area contributed by atoms with E-state index in [1.807, 2.05) is 31.2 Å². The van der Waals surface area contributed by atoms with Gasteiger partial charge in [0.15, 0.2) is 0 Å². The monoisotopic (exact) mass is 220 g/mol. The van der Waals surface area contributed by atoms with Gasteiger partial charge < -0.3 is 10.2 Å². The molecule has 3 heteroatoms. The summed E-state index contributed by atoms with van der Waals surface area (Å²) in [4.78, 5) is 0. The molecule has 88 valence electrons. The van der Waals surface area contributed by atoms with E-state index in [9.17, 15) is 0 Å². The van der Waals surface area contributed by atoms with E-state index >= 15 is 0 Å². The molecule has 0 heterocycles. The first-order chi connectivity index (χ1) is 7.51. The third-order valence-corrected chi connectivity index (χ3v) is 1.80. The molecule has 0 fully saturated rings. The van der Waals surface area contributed by atoms with Crippen molar-refractivity contribution in [2.24, 2.45) is 5.10 Å². The Morgan fingerprint density at radius 3 is 2.38 bits per heavy atom. The molecule has 0 radical (unpaired) electrons. The van der Waals surface area contributed by atoms with Crippen LogP contribution in [0, 0.1) is 0 Å². The van der Waals surface area contributed by atoms with Gasteiger partial charge in [0.2, 0.25) is 0 Å². The average Bonchev–Trinajstić information content (AvgIpc) is 2.19. The lowest BCUT2D eigenvalue weighted by Gasteiger charge is -2.16. The van der Waals surface area contributed by atoms with Gasteiger partial charge in [-0.1, -0.05) is 0 Å². The molecule has 1 aromatic carbocycles. The number of hydrogen-bond donors (Lipinski definition) is 1. The summed E-state index contributed by atoms with van der Waals surface area (Å²) in [5, 5.41) is 4.17. The van der Waals surface area contributed by atoms with Gasteiger partial charge in [0.05, 0.1) is 12.8 Å². The summed E-state index contributed by atoms with van der Waals surface area (Å²) >= 11 is 0. The Morgan fingerprint density at radius 1 is 1.25 bits per heavy atom. The van der Waals surface area contributed by atoms with Gasteiger partial charge in [-0.3, -0.25) is 0 Å². The highest BCUT2D eigenvalue weighted by Gasteiger charge is 2.05. The van der Waals surface area contributed by atoms with Crippen LogP contribution in [0.1, 0.15) is 33.3 Å². The molecular formula is C13H20N2O. The fourth-order valence-corrected chi connectivity index (χ4v) is 1.12. The number of hydrogen-bond acceptors (Lipinski definition) is 3. The van der Waals surface area contributed by atoms with E-state index in [4.69, 9.17) is 4.74 Å². The average molecular weight is 220 g/mol. The van der Waals surface area contributed by atoms with Gasteiger partial charge in [0, 0.05) is 5.54 Å². The molecule has 0 aliphatic carbocycles. The smallest absolute Gasteiger partial charge is 0.119 e. The molecule has 0 bridgehead atoms. The lowest BCUT2D eigenvalue weighted by molar-refractivity contribution is 0.340. The Balaban J connectivity index is 2.55. The molecular weight excluding hydrogens is 200 g/mol. The van der Waals surface area contributed by atoms with Gasteiger partial charge >= 0.3 is 0 Å².